The van der Waals surface area contributed by atoms with E-state index in [4.69, 9.17) is 0 Å². The van der Waals surface area contributed by atoms with Crippen LogP contribution in [0.2, 0.25) is 0 Å². The van der Waals surface area contributed by atoms with Crippen LogP contribution in [0.25, 0.3) is 0 Å². The van der Waals surface area contributed by atoms with Crippen LogP contribution in [0.3, 0.4) is 0 Å². The molecule has 0 spiro atoms. The fraction of sp³-hybridized carbons (Fsp3) is 1.00. The minimum atomic E-state index is 0.303. The molecule has 1 saturated heterocycles. The number of thioether (sulfide) groups is 1. The lowest BCUT2D eigenvalue weighted by atomic mass is 10.0. The van der Waals surface area contributed by atoms with Crippen molar-refractivity contribution in [1.82, 2.24) is 10.6 Å². The van der Waals surface area contributed by atoms with Gasteiger partial charge in [0.2, 0.25) is 0 Å². The molecule has 1 aliphatic heterocycles. The van der Waals surface area contributed by atoms with Crippen molar-refractivity contribution in [2.24, 2.45) is 0 Å². The van der Waals surface area contributed by atoms with E-state index in [-0.39, 0.29) is 0 Å². The van der Waals surface area contributed by atoms with Crippen LogP contribution in [-0.2, 0) is 0 Å². The summed E-state index contributed by atoms with van der Waals surface area (Å²) in [5.41, 5.74) is 0.303. The van der Waals surface area contributed by atoms with Gasteiger partial charge in [-0.2, -0.15) is 0 Å². The minimum absolute atomic E-state index is 0.303. The van der Waals surface area contributed by atoms with E-state index in [9.17, 15) is 0 Å². The van der Waals surface area contributed by atoms with Crippen molar-refractivity contribution in [3.63, 3.8) is 0 Å². The maximum atomic E-state index is 3.51. The molecular formula is C8H18N2S. The van der Waals surface area contributed by atoms with E-state index in [1.807, 2.05) is 11.8 Å². The molecular weight excluding hydrogens is 156 g/mol. The second-order valence-electron chi connectivity index (χ2n) is 3.69. The summed E-state index contributed by atoms with van der Waals surface area (Å²) in [5, 5.41) is 7.62. The Hall–Kier alpha value is 0.270. The zero-order valence-corrected chi connectivity index (χ0v) is 8.42. The molecule has 1 atom stereocenters. The van der Waals surface area contributed by atoms with E-state index in [1.165, 1.54) is 6.42 Å². The van der Waals surface area contributed by atoms with Crippen LogP contribution < -0.4 is 10.6 Å². The van der Waals surface area contributed by atoms with Gasteiger partial charge in [0.1, 0.15) is 0 Å². The smallest absolute Gasteiger partial charge is 0.0547 e. The second kappa shape index (κ2) is 3.78. The molecule has 0 amide bonds. The normalized spacial score (nSPS) is 31.4. The Kier molecular flexibility index (Phi) is 3.22. The van der Waals surface area contributed by atoms with E-state index in [1.54, 1.807) is 0 Å². The quantitative estimate of drug-likeness (QED) is 0.621. The Morgan fingerprint density at radius 2 is 2.09 bits per heavy atom. The van der Waals surface area contributed by atoms with Crippen molar-refractivity contribution in [3.05, 3.63) is 0 Å². The summed E-state index contributed by atoms with van der Waals surface area (Å²) in [7, 11) is 0. The first-order valence-electron chi connectivity index (χ1n) is 4.15. The summed E-state index contributed by atoms with van der Waals surface area (Å²) >= 11 is 1.91. The zero-order valence-electron chi connectivity index (χ0n) is 7.61. The summed E-state index contributed by atoms with van der Waals surface area (Å²) in [6, 6.07) is 0. The number of nitrogens with one attached hydrogen (secondary N) is 2. The first kappa shape index (κ1) is 9.36. The first-order chi connectivity index (χ1) is 5.14. The van der Waals surface area contributed by atoms with Gasteiger partial charge in [-0.25, -0.2) is 0 Å². The molecule has 2 nitrogen and oxygen atoms in total. The molecule has 1 fully saturated rings. The summed E-state index contributed by atoms with van der Waals surface area (Å²) in [6.45, 7) is 6.71. The molecule has 0 aromatic heterocycles. The molecule has 0 bridgehead atoms. The van der Waals surface area contributed by atoms with E-state index in [2.05, 4.69) is 30.7 Å². The van der Waals surface area contributed by atoms with Gasteiger partial charge in [-0.15, -0.1) is 11.8 Å². The van der Waals surface area contributed by atoms with Crippen LogP contribution in [0, 0.1) is 0 Å². The van der Waals surface area contributed by atoms with E-state index >= 15 is 0 Å². The van der Waals surface area contributed by atoms with Crippen LogP contribution in [-0.4, -0.2) is 30.3 Å². The van der Waals surface area contributed by atoms with Crippen molar-refractivity contribution in [1.29, 1.82) is 0 Å². The average molecular weight is 174 g/mol. The molecule has 0 aliphatic carbocycles. The zero-order chi connectivity index (χ0) is 8.32. The van der Waals surface area contributed by atoms with Crippen LogP contribution in [0.5, 0.6) is 0 Å². The van der Waals surface area contributed by atoms with Gasteiger partial charge in [0.25, 0.3) is 0 Å². The Morgan fingerprint density at radius 3 is 2.73 bits per heavy atom. The lowest BCUT2D eigenvalue weighted by Gasteiger charge is -2.26. The Balaban J connectivity index is 2.47. The largest absolute Gasteiger partial charge is 0.310 e. The Morgan fingerprint density at radius 1 is 1.36 bits per heavy atom. The monoisotopic (exact) mass is 174 g/mol. The molecule has 0 saturated carbocycles. The standard InChI is InChI=1S/C8H18N2S/c1-8(2)6-7(11-3)9-4-5-10-8/h7,9-10H,4-6H2,1-3H3. The topological polar surface area (TPSA) is 24.1 Å². The highest BCUT2D eigenvalue weighted by molar-refractivity contribution is 7.99. The summed E-state index contributed by atoms with van der Waals surface area (Å²) < 4.78 is 0. The highest BCUT2D eigenvalue weighted by Crippen LogP contribution is 2.19. The fourth-order valence-corrected chi connectivity index (χ4v) is 2.28. The minimum Gasteiger partial charge on any atom is -0.310 e. The first-order valence-corrected chi connectivity index (χ1v) is 5.44. The van der Waals surface area contributed by atoms with Gasteiger partial charge < -0.3 is 10.6 Å². The van der Waals surface area contributed by atoms with E-state index in [0.717, 1.165) is 13.1 Å². The predicted molar refractivity (Wildman–Crippen MR) is 52.0 cm³/mol. The maximum Gasteiger partial charge on any atom is 0.0547 e. The van der Waals surface area contributed by atoms with Gasteiger partial charge in [0, 0.05) is 18.6 Å². The molecule has 1 heterocycles. The third kappa shape index (κ3) is 3.01. The van der Waals surface area contributed by atoms with Gasteiger partial charge >= 0.3 is 0 Å². The van der Waals surface area contributed by atoms with Crippen molar-refractivity contribution >= 4 is 11.8 Å². The van der Waals surface area contributed by atoms with Gasteiger partial charge in [0.05, 0.1) is 5.37 Å². The molecule has 11 heavy (non-hydrogen) atoms. The third-order valence-corrected chi connectivity index (χ3v) is 2.98. The summed E-state index contributed by atoms with van der Waals surface area (Å²) in [5.74, 6) is 0. The highest BCUT2D eigenvalue weighted by atomic mass is 32.2. The average Bonchev–Trinajstić information content (AvgIpc) is 2.10. The van der Waals surface area contributed by atoms with Crippen molar-refractivity contribution in [3.8, 4) is 0 Å². The second-order valence-corrected chi connectivity index (χ2v) is 4.73. The Bertz CT molecular complexity index is 125. The van der Waals surface area contributed by atoms with Crippen LogP contribution in [0.4, 0.5) is 0 Å². The third-order valence-electron chi connectivity index (χ3n) is 2.08. The van der Waals surface area contributed by atoms with Crippen LogP contribution >= 0.6 is 11.8 Å². The highest BCUT2D eigenvalue weighted by Gasteiger charge is 2.24. The fourth-order valence-electron chi connectivity index (χ4n) is 1.41. The predicted octanol–water partition coefficient (Wildman–Crippen LogP) is 1.04. The van der Waals surface area contributed by atoms with Crippen molar-refractivity contribution in [2.75, 3.05) is 19.3 Å². The number of hydrogen-bond acceptors (Lipinski definition) is 3. The number of rotatable bonds is 1. The summed E-state index contributed by atoms with van der Waals surface area (Å²) in [4.78, 5) is 0. The lowest BCUT2D eigenvalue weighted by molar-refractivity contribution is 0.386. The van der Waals surface area contributed by atoms with Gasteiger partial charge in [-0.1, -0.05) is 0 Å². The molecule has 66 valence electrons. The summed E-state index contributed by atoms with van der Waals surface area (Å²) in [6.07, 6.45) is 3.37. The maximum absolute atomic E-state index is 3.51. The lowest BCUT2D eigenvalue weighted by Crippen LogP contribution is -2.40. The Labute approximate surface area is 73.5 Å². The molecule has 1 unspecified atom stereocenters. The number of hydrogen-bond donors (Lipinski definition) is 2. The molecule has 0 aromatic carbocycles. The SMILES string of the molecule is CSC1CC(C)(C)NCCN1. The molecule has 0 radical (unpaired) electrons. The van der Waals surface area contributed by atoms with Crippen LogP contribution in [0.15, 0.2) is 0 Å². The molecule has 1 rings (SSSR count). The molecule has 3 heteroatoms. The van der Waals surface area contributed by atoms with Gasteiger partial charge in [-0.3, -0.25) is 0 Å². The molecule has 1 aliphatic rings. The molecule has 2 N–H and O–H groups in total. The van der Waals surface area contributed by atoms with Gasteiger partial charge in [-0.05, 0) is 26.5 Å². The van der Waals surface area contributed by atoms with Gasteiger partial charge in [0.15, 0.2) is 0 Å². The van der Waals surface area contributed by atoms with E-state index in [0.29, 0.717) is 10.9 Å². The molecule has 0 aromatic rings. The van der Waals surface area contributed by atoms with Crippen LogP contribution in [0.1, 0.15) is 20.3 Å². The van der Waals surface area contributed by atoms with Crippen molar-refractivity contribution in [2.45, 2.75) is 31.2 Å². The van der Waals surface area contributed by atoms with Crippen molar-refractivity contribution < 1.29 is 0 Å². The van der Waals surface area contributed by atoms with E-state index < -0.39 is 0 Å².